The van der Waals surface area contributed by atoms with Crippen molar-refractivity contribution in [1.29, 1.82) is 0 Å². The molecule has 0 aromatic heterocycles. The summed E-state index contributed by atoms with van der Waals surface area (Å²) in [5, 5.41) is 13.7. The summed E-state index contributed by atoms with van der Waals surface area (Å²) in [6, 6.07) is 0.615. The van der Waals surface area contributed by atoms with E-state index in [9.17, 15) is 5.11 Å². The monoisotopic (exact) mass is 213 g/mol. The van der Waals surface area contributed by atoms with E-state index in [-0.39, 0.29) is 0 Å². The molecule has 0 bridgehead atoms. The Kier molecular flexibility index (Phi) is 4.19. The van der Waals surface area contributed by atoms with Crippen molar-refractivity contribution in [3.8, 4) is 0 Å². The zero-order valence-electron chi connectivity index (χ0n) is 10.8. The molecule has 1 aliphatic rings. The van der Waals surface area contributed by atoms with E-state index in [0.717, 1.165) is 19.4 Å². The lowest BCUT2D eigenvalue weighted by molar-refractivity contribution is 0.0297. The van der Waals surface area contributed by atoms with Gasteiger partial charge in [-0.05, 0) is 37.5 Å². The summed E-state index contributed by atoms with van der Waals surface area (Å²) in [6.45, 7) is 9.54. The lowest BCUT2D eigenvalue weighted by Gasteiger charge is -2.28. The van der Waals surface area contributed by atoms with Crippen molar-refractivity contribution < 1.29 is 5.11 Å². The largest absolute Gasteiger partial charge is 0.389 e. The van der Waals surface area contributed by atoms with Crippen LogP contribution in [0.4, 0.5) is 0 Å². The fourth-order valence-electron chi connectivity index (χ4n) is 2.44. The standard InChI is InChI=1S/C13H27NO/c1-5-13(15,6-2)10-14-11-7-8-12(3,4)9-11/h11,14-15H,5-10H2,1-4H3. The molecule has 1 aliphatic carbocycles. The second kappa shape index (κ2) is 4.84. The molecular weight excluding hydrogens is 186 g/mol. The average Bonchev–Trinajstić information content (AvgIpc) is 2.55. The highest BCUT2D eigenvalue weighted by Gasteiger charge is 2.32. The molecule has 0 aromatic carbocycles. The lowest BCUT2D eigenvalue weighted by atomic mass is 9.91. The first-order valence-corrected chi connectivity index (χ1v) is 6.36. The number of hydrogen-bond acceptors (Lipinski definition) is 2. The predicted octanol–water partition coefficient (Wildman–Crippen LogP) is 2.71. The van der Waals surface area contributed by atoms with Crippen molar-refractivity contribution in [3.05, 3.63) is 0 Å². The third kappa shape index (κ3) is 3.76. The lowest BCUT2D eigenvalue weighted by Crippen LogP contribution is -2.43. The molecule has 90 valence electrons. The molecule has 2 nitrogen and oxygen atoms in total. The molecule has 0 aliphatic heterocycles. The second-order valence-corrected chi connectivity index (χ2v) is 5.92. The Labute approximate surface area is 94.5 Å². The van der Waals surface area contributed by atoms with Gasteiger partial charge >= 0.3 is 0 Å². The van der Waals surface area contributed by atoms with Gasteiger partial charge in [0.15, 0.2) is 0 Å². The number of hydrogen-bond donors (Lipinski definition) is 2. The predicted molar refractivity (Wildman–Crippen MR) is 65.0 cm³/mol. The maximum Gasteiger partial charge on any atom is 0.0766 e. The first-order valence-electron chi connectivity index (χ1n) is 6.36. The molecule has 1 rings (SSSR count). The van der Waals surface area contributed by atoms with Crippen LogP contribution in [0, 0.1) is 5.41 Å². The van der Waals surface area contributed by atoms with Crippen molar-refractivity contribution in [3.63, 3.8) is 0 Å². The molecule has 0 aromatic rings. The van der Waals surface area contributed by atoms with Crippen LogP contribution < -0.4 is 5.32 Å². The van der Waals surface area contributed by atoms with E-state index in [2.05, 4.69) is 33.0 Å². The molecule has 0 radical (unpaired) electrons. The Balaban J connectivity index is 2.32. The van der Waals surface area contributed by atoms with Crippen LogP contribution in [0.5, 0.6) is 0 Å². The summed E-state index contributed by atoms with van der Waals surface area (Å²) in [7, 11) is 0. The van der Waals surface area contributed by atoms with Crippen LogP contribution in [0.1, 0.15) is 59.8 Å². The zero-order valence-corrected chi connectivity index (χ0v) is 10.8. The molecule has 0 saturated heterocycles. The SMILES string of the molecule is CCC(O)(CC)CNC1CCC(C)(C)C1. The van der Waals surface area contributed by atoms with Gasteiger partial charge in [0.2, 0.25) is 0 Å². The van der Waals surface area contributed by atoms with Crippen molar-refractivity contribution in [1.82, 2.24) is 5.32 Å². The highest BCUT2D eigenvalue weighted by molar-refractivity contribution is 4.88. The smallest absolute Gasteiger partial charge is 0.0766 e. The Morgan fingerprint density at radius 3 is 2.33 bits per heavy atom. The second-order valence-electron chi connectivity index (χ2n) is 5.92. The van der Waals surface area contributed by atoms with Crippen LogP contribution in [0.15, 0.2) is 0 Å². The highest BCUT2D eigenvalue weighted by Crippen LogP contribution is 2.37. The van der Waals surface area contributed by atoms with Crippen LogP contribution >= 0.6 is 0 Å². The third-order valence-electron chi connectivity index (χ3n) is 4.00. The van der Waals surface area contributed by atoms with Gasteiger partial charge in [-0.15, -0.1) is 0 Å². The normalized spacial score (nSPS) is 25.8. The topological polar surface area (TPSA) is 32.3 Å². The Bertz CT molecular complexity index is 197. The van der Waals surface area contributed by atoms with Crippen molar-refractivity contribution >= 4 is 0 Å². The van der Waals surface area contributed by atoms with Gasteiger partial charge in [-0.25, -0.2) is 0 Å². The van der Waals surface area contributed by atoms with Gasteiger partial charge in [0.05, 0.1) is 5.60 Å². The van der Waals surface area contributed by atoms with Crippen molar-refractivity contribution in [2.24, 2.45) is 5.41 Å². The zero-order chi connectivity index (χ0) is 11.5. The average molecular weight is 213 g/mol. The van der Waals surface area contributed by atoms with Crippen LogP contribution in [0.25, 0.3) is 0 Å². The summed E-state index contributed by atoms with van der Waals surface area (Å²) >= 11 is 0. The van der Waals surface area contributed by atoms with Gasteiger partial charge in [0.1, 0.15) is 0 Å². The first-order chi connectivity index (χ1) is 6.91. The molecule has 1 saturated carbocycles. The maximum absolute atomic E-state index is 10.2. The summed E-state index contributed by atoms with van der Waals surface area (Å²) in [5.41, 5.74) is 0.000937. The first kappa shape index (κ1) is 13.0. The van der Waals surface area contributed by atoms with E-state index in [1.165, 1.54) is 19.3 Å². The van der Waals surface area contributed by atoms with Gasteiger partial charge in [-0.3, -0.25) is 0 Å². The van der Waals surface area contributed by atoms with Crippen LogP contribution in [-0.4, -0.2) is 23.3 Å². The number of aliphatic hydroxyl groups is 1. The molecular formula is C13H27NO. The van der Waals surface area contributed by atoms with Crippen LogP contribution in [-0.2, 0) is 0 Å². The Morgan fingerprint density at radius 1 is 1.33 bits per heavy atom. The molecule has 1 unspecified atom stereocenters. The van der Waals surface area contributed by atoms with Crippen molar-refractivity contribution in [2.45, 2.75) is 71.4 Å². The minimum atomic E-state index is -0.493. The molecule has 1 fully saturated rings. The summed E-state index contributed by atoms with van der Waals surface area (Å²) < 4.78 is 0. The number of nitrogens with one attached hydrogen (secondary N) is 1. The minimum absolute atomic E-state index is 0.493. The van der Waals surface area contributed by atoms with Gasteiger partial charge in [-0.2, -0.15) is 0 Å². The number of rotatable bonds is 5. The van der Waals surface area contributed by atoms with Gasteiger partial charge < -0.3 is 10.4 Å². The summed E-state index contributed by atoms with van der Waals surface area (Å²) in [6.07, 6.45) is 5.49. The Hall–Kier alpha value is -0.0800. The molecule has 0 amide bonds. The molecule has 2 N–H and O–H groups in total. The van der Waals surface area contributed by atoms with Crippen LogP contribution in [0.3, 0.4) is 0 Å². The minimum Gasteiger partial charge on any atom is -0.389 e. The molecule has 0 heterocycles. The van der Waals surface area contributed by atoms with E-state index in [0.29, 0.717) is 11.5 Å². The maximum atomic E-state index is 10.2. The third-order valence-corrected chi connectivity index (χ3v) is 4.00. The molecule has 1 atom stereocenters. The van der Waals surface area contributed by atoms with Gasteiger partial charge in [-0.1, -0.05) is 27.7 Å². The van der Waals surface area contributed by atoms with Crippen LogP contribution in [0.2, 0.25) is 0 Å². The van der Waals surface area contributed by atoms with Crippen molar-refractivity contribution in [2.75, 3.05) is 6.54 Å². The van der Waals surface area contributed by atoms with E-state index < -0.39 is 5.60 Å². The molecule has 0 spiro atoms. The fourth-order valence-corrected chi connectivity index (χ4v) is 2.44. The van der Waals surface area contributed by atoms with Gasteiger partial charge in [0, 0.05) is 12.6 Å². The molecule has 15 heavy (non-hydrogen) atoms. The Morgan fingerprint density at radius 2 is 1.93 bits per heavy atom. The van der Waals surface area contributed by atoms with E-state index >= 15 is 0 Å². The van der Waals surface area contributed by atoms with E-state index in [1.54, 1.807) is 0 Å². The summed E-state index contributed by atoms with van der Waals surface area (Å²) in [4.78, 5) is 0. The highest BCUT2D eigenvalue weighted by atomic mass is 16.3. The fraction of sp³-hybridized carbons (Fsp3) is 1.00. The molecule has 2 heteroatoms. The summed E-state index contributed by atoms with van der Waals surface area (Å²) in [5.74, 6) is 0. The van der Waals surface area contributed by atoms with E-state index in [1.807, 2.05) is 0 Å². The quantitative estimate of drug-likeness (QED) is 0.736. The van der Waals surface area contributed by atoms with Gasteiger partial charge in [0.25, 0.3) is 0 Å². The van der Waals surface area contributed by atoms with E-state index in [4.69, 9.17) is 0 Å².